The van der Waals surface area contributed by atoms with Crippen LogP contribution in [0.15, 0.2) is 116 Å². The van der Waals surface area contributed by atoms with Gasteiger partial charge >= 0.3 is 108 Å². The molecule has 0 radical (unpaired) electrons. The van der Waals surface area contributed by atoms with Crippen LogP contribution < -0.4 is 133 Å². The molecule has 0 aliphatic rings. The molecule has 8 rings (SSSR count). The molecule has 0 atom stereocenters. The second-order valence-electron chi connectivity index (χ2n) is 18.4. The molecule has 0 amide bonds. The van der Waals surface area contributed by atoms with E-state index < -0.39 is 21.4 Å². The van der Waals surface area contributed by atoms with E-state index in [9.17, 15) is 24.6 Å². The smallest absolute Gasteiger partial charge is 1.00 e. The van der Waals surface area contributed by atoms with Gasteiger partial charge < -0.3 is 65.0 Å². The van der Waals surface area contributed by atoms with Crippen molar-refractivity contribution in [3.05, 3.63) is 142 Å². The first kappa shape index (κ1) is 71.7. The Balaban J connectivity index is 0.000000462. The first-order chi connectivity index (χ1) is 39.0. The fourth-order valence-electron chi connectivity index (χ4n) is 8.39. The number of nitro benzene ring substituents is 2. The molecule has 4 aromatic heterocycles. The quantitative estimate of drug-likeness (QED) is 0.0289. The van der Waals surface area contributed by atoms with Gasteiger partial charge in [-0.15, -0.1) is 0 Å². The minimum atomic E-state index is -0.963. The third-order valence-corrected chi connectivity index (χ3v) is 12.7. The predicted octanol–water partition coefficient (Wildman–Crippen LogP) is 3.27. The number of carbonyl (C=O) groups is 1. The number of nitro groups is 2. The van der Waals surface area contributed by atoms with Gasteiger partial charge in [0.05, 0.1) is 60.0 Å². The SMILES string of the molecule is CCCCN(C)CCOC.COCCN(C)CCN(C)c1cc(OC)c(Nc2nccc(-c3cn(C)c4ccccc34)n2)cc1[N+](=O)[O-].COc1cc(F)c([N+](=O)[O-])cc1Nc1cccc(-c2cn(C)c3ccccc23)n1.O=CO[O-].[H-].[K+].[K+]. The van der Waals surface area contributed by atoms with E-state index in [2.05, 4.69) is 66.0 Å². The zero-order chi connectivity index (χ0) is 59.0. The van der Waals surface area contributed by atoms with E-state index in [-0.39, 0.29) is 128 Å². The molecule has 2 N–H and O–H groups in total. The number of carbonyl (C=O) groups excluding carboxylic acids is 1. The zero-order valence-electron chi connectivity index (χ0n) is 50.3. The number of para-hydroxylation sites is 2. The van der Waals surface area contributed by atoms with Gasteiger partial charge in [0, 0.05) is 137 Å². The van der Waals surface area contributed by atoms with Gasteiger partial charge in [-0.3, -0.25) is 25.0 Å². The molecule has 0 unspecified atom stereocenters. The summed E-state index contributed by atoms with van der Waals surface area (Å²) in [4.78, 5) is 53.1. The Morgan fingerprint density at radius 3 is 1.72 bits per heavy atom. The fourth-order valence-corrected chi connectivity index (χ4v) is 8.39. The molecule has 26 heteroatoms. The van der Waals surface area contributed by atoms with Crippen molar-refractivity contribution in [2.24, 2.45) is 14.1 Å². The number of unbranched alkanes of at least 4 members (excludes halogenated alkanes) is 1. The van der Waals surface area contributed by atoms with Gasteiger partial charge in [-0.05, 0) is 57.4 Å². The molecule has 0 saturated heterocycles. The third-order valence-electron chi connectivity index (χ3n) is 12.7. The molecule has 83 heavy (non-hydrogen) atoms. The Kier molecular flexibility index (Phi) is 32.0. The van der Waals surface area contributed by atoms with Crippen LogP contribution in [0.3, 0.4) is 0 Å². The largest absolute Gasteiger partial charge is 1.00 e. The minimum absolute atomic E-state index is 0. The maximum atomic E-state index is 13.9. The number of fused-ring (bicyclic) bond motifs is 2. The van der Waals surface area contributed by atoms with Gasteiger partial charge in [-0.2, -0.15) is 4.39 Å². The van der Waals surface area contributed by atoms with Crippen molar-refractivity contribution in [1.29, 1.82) is 0 Å². The molecule has 4 heterocycles. The van der Waals surface area contributed by atoms with Crippen LogP contribution in [-0.2, 0) is 33.3 Å². The number of methoxy groups -OCH3 is 4. The van der Waals surface area contributed by atoms with Crippen molar-refractivity contribution in [2.45, 2.75) is 19.8 Å². The maximum absolute atomic E-state index is 13.9. The summed E-state index contributed by atoms with van der Waals surface area (Å²) >= 11 is 0. The van der Waals surface area contributed by atoms with E-state index in [1.54, 1.807) is 32.5 Å². The van der Waals surface area contributed by atoms with Gasteiger partial charge in [0.15, 0.2) is 0 Å². The van der Waals surface area contributed by atoms with Crippen molar-refractivity contribution >= 4 is 68.5 Å². The molecule has 4 aromatic carbocycles. The van der Waals surface area contributed by atoms with Crippen molar-refractivity contribution < 1.29 is 152 Å². The number of ether oxygens (including phenoxy) is 4. The molecular formula is C57H71FK2N12O11. The van der Waals surface area contributed by atoms with Crippen LogP contribution in [0.2, 0.25) is 0 Å². The number of halogens is 1. The molecule has 8 aromatic rings. The second kappa shape index (κ2) is 37.0. The van der Waals surface area contributed by atoms with Gasteiger partial charge in [0.2, 0.25) is 11.8 Å². The van der Waals surface area contributed by atoms with Crippen LogP contribution in [-0.4, -0.2) is 146 Å². The fraction of sp³-hybridized carbons (Fsp3) is 0.333. The van der Waals surface area contributed by atoms with Gasteiger partial charge in [-0.1, -0.05) is 55.8 Å². The number of benzene rings is 4. The molecule has 0 fully saturated rings. The molecule has 0 spiro atoms. The number of pyridine rings is 1. The van der Waals surface area contributed by atoms with Crippen molar-refractivity contribution in [1.82, 2.24) is 33.9 Å². The van der Waals surface area contributed by atoms with Crippen molar-refractivity contribution in [2.75, 3.05) is 111 Å². The number of hydrogen-bond donors (Lipinski definition) is 2. The molecular weight excluding hydrogens is 1130 g/mol. The molecule has 0 saturated carbocycles. The minimum Gasteiger partial charge on any atom is -1.00 e. The van der Waals surface area contributed by atoms with Crippen LogP contribution in [0.4, 0.5) is 44.6 Å². The molecule has 434 valence electrons. The Labute approximate surface area is 569 Å². The van der Waals surface area contributed by atoms with Crippen LogP contribution >= 0.6 is 0 Å². The summed E-state index contributed by atoms with van der Waals surface area (Å²) in [6.07, 6.45) is 8.26. The van der Waals surface area contributed by atoms with E-state index in [4.69, 9.17) is 34.0 Å². The van der Waals surface area contributed by atoms with E-state index in [1.807, 2.05) is 105 Å². The summed E-state index contributed by atoms with van der Waals surface area (Å²) in [6.45, 7) is 7.83. The maximum Gasteiger partial charge on any atom is 1.00 e. The number of nitrogens with one attached hydrogen (secondary N) is 2. The van der Waals surface area contributed by atoms with E-state index in [0.29, 0.717) is 48.6 Å². The first-order valence-electron chi connectivity index (χ1n) is 25.6. The zero-order valence-corrected chi connectivity index (χ0v) is 55.5. The number of anilines is 5. The molecule has 0 aliphatic heterocycles. The Morgan fingerprint density at radius 2 is 1.19 bits per heavy atom. The van der Waals surface area contributed by atoms with E-state index >= 15 is 0 Å². The molecule has 0 aliphatic carbocycles. The summed E-state index contributed by atoms with van der Waals surface area (Å²) < 4.78 is 38.8. The first-order valence-corrected chi connectivity index (χ1v) is 25.6. The van der Waals surface area contributed by atoms with Crippen LogP contribution in [0.25, 0.3) is 44.3 Å². The summed E-state index contributed by atoms with van der Waals surface area (Å²) in [6, 6.07) is 28.6. The molecule has 0 bridgehead atoms. The Hall–Kier alpha value is -5.54. The van der Waals surface area contributed by atoms with Crippen LogP contribution in [0, 0.1) is 26.0 Å². The number of aromatic nitrogens is 5. The van der Waals surface area contributed by atoms with Gasteiger partial charge in [0.1, 0.15) is 23.0 Å². The number of aryl methyl sites for hydroxylation is 2. The average Bonchev–Trinajstić information content (AvgIpc) is 2.58. The van der Waals surface area contributed by atoms with E-state index in [1.165, 1.54) is 39.7 Å². The summed E-state index contributed by atoms with van der Waals surface area (Å²) in [7, 11) is 16.2. The van der Waals surface area contributed by atoms with Gasteiger partial charge in [0.25, 0.3) is 12.2 Å². The monoisotopic (exact) mass is 1200 g/mol. The molecule has 23 nitrogen and oxygen atoms in total. The van der Waals surface area contributed by atoms with Crippen LogP contribution in [0.1, 0.15) is 21.2 Å². The predicted molar refractivity (Wildman–Crippen MR) is 311 cm³/mol. The van der Waals surface area contributed by atoms with Crippen molar-refractivity contribution in [3.8, 4) is 34.0 Å². The van der Waals surface area contributed by atoms with Gasteiger partial charge in [-0.25, -0.2) is 15.0 Å². The third kappa shape index (κ3) is 20.9. The van der Waals surface area contributed by atoms with E-state index in [0.717, 1.165) is 76.1 Å². The second-order valence-corrected chi connectivity index (χ2v) is 18.4. The Bertz CT molecular complexity index is 3340. The van der Waals surface area contributed by atoms with Crippen molar-refractivity contribution in [3.63, 3.8) is 0 Å². The number of rotatable bonds is 24. The Morgan fingerprint density at radius 1 is 0.675 bits per heavy atom. The number of nitrogens with zero attached hydrogens (tertiary/aromatic N) is 10. The summed E-state index contributed by atoms with van der Waals surface area (Å²) in [5, 5.41) is 39.8. The average molecular weight is 1200 g/mol. The van der Waals surface area contributed by atoms with Crippen LogP contribution in [0.5, 0.6) is 11.5 Å². The summed E-state index contributed by atoms with van der Waals surface area (Å²) in [5.74, 6) is 0.392. The summed E-state index contributed by atoms with van der Waals surface area (Å²) in [5.41, 5.74) is 6.02. The normalized spacial score (nSPS) is 10.5. The number of hydrogen-bond acceptors (Lipinski definition) is 19. The topological polar surface area (TPSA) is 255 Å². The number of likely N-dealkylation sites (N-methyl/N-ethyl adjacent to an activating group) is 3. The standard InChI is InChI=1S/C27H33N7O4.C21H17FN4O3.C8H19NO.CH2O3.2K.H/c1-31(14-15-37-4)12-13-32(2)24-17-26(38-5)22(16-25(24)34(35)36)30-27-28-11-10-21(29-27)20-18-33(3)23-9-7-6-8-19(20)23;1-25-12-14(13-6-3-4-8-18(13)25)16-7-5-9-21(23-16)24-17-11-19(26(27)28)15(22)10-20(17)29-2;1-4-5-6-9(2)7-8-10-3;2-1-4-3;;;/h6-11,16-18H,12-15H2,1-5H3,(H,28,29,30);3-12H,1-2H3,(H,23,24);4-8H2,1-3H3;1,3H;;;/q;;;;2*+1;-1/p-1.